The number of rotatable bonds is 5. The number of hydrogen-bond acceptors (Lipinski definition) is 3. The molecular formula is C19H25ClN2O2. The summed E-state index contributed by atoms with van der Waals surface area (Å²) >= 11 is 5.57. The topological polar surface area (TPSA) is 65.2 Å². The second kappa shape index (κ2) is 9.93. The molecule has 130 valence electrons. The molecule has 0 aliphatic carbocycles. The molecule has 1 aromatic carbocycles. The number of nitrogens with two attached hydrogens (primary N) is 1. The first-order chi connectivity index (χ1) is 11.4. The lowest BCUT2D eigenvalue weighted by atomic mass is 10.0. The number of halogens is 1. The van der Waals surface area contributed by atoms with E-state index >= 15 is 0 Å². The van der Waals surface area contributed by atoms with Crippen molar-refractivity contribution in [2.24, 2.45) is 5.73 Å². The number of ether oxygens (including phenoxy) is 1. The van der Waals surface area contributed by atoms with E-state index in [1.807, 2.05) is 0 Å². The number of amides is 1. The van der Waals surface area contributed by atoms with Crippen molar-refractivity contribution in [1.29, 1.82) is 0 Å². The summed E-state index contributed by atoms with van der Waals surface area (Å²) in [6.45, 7) is 6.05. The average Bonchev–Trinajstić information content (AvgIpc) is 2.61. The van der Waals surface area contributed by atoms with Crippen molar-refractivity contribution in [2.45, 2.75) is 39.5 Å². The van der Waals surface area contributed by atoms with Crippen molar-refractivity contribution in [1.82, 2.24) is 4.98 Å². The van der Waals surface area contributed by atoms with Crippen LogP contribution in [0.4, 0.5) is 0 Å². The maximum Gasteiger partial charge on any atom is 0.224 e. The molecule has 0 bridgehead atoms. The minimum absolute atomic E-state index is 0.310. The monoisotopic (exact) mass is 348 g/mol. The molecule has 5 heteroatoms. The van der Waals surface area contributed by atoms with E-state index in [2.05, 4.69) is 37.0 Å². The summed E-state index contributed by atoms with van der Waals surface area (Å²) in [6, 6.07) is 9.77. The molecule has 0 saturated carbocycles. The highest BCUT2D eigenvalue weighted by molar-refractivity contribution is 6.29. The van der Waals surface area contributed by atoms with Gasteiger partial charge >= 0.3 is 0 Å². The van der Waals surface area contributed by atoms with Gasteiger partial charge in [0, 0.05) is 6.20 Å². The Morgan fingerprint density at radius 2 is 1.96 bits per heavy atom. The standard InChI is InChI=1S/C11H16O.C8H9ClN2O/c1-4-9-6-7-11(12-3)10(5-2)8-9;1-5(8(10)12)6-2-3-7(9)11-4-6/h6-8H,4-5H2,1-3H3;2-5H,1H3,(H2,10,12). The van der Waals surface area contributed by atoms with Gasteiger partial charge in [0.15, 0.2) is 0 Å². The van der Waals surface area contributed by atoms with Crippen LogP contribution in [-0.4, -0.2) is 18.0 Å². The smallest absolute Gasteiger partial charge is 0.224 e. The highest BCUT2D eigenvalue weighted by Gasteiger charge is 2.10. The molecule has 4 nitrogen and oxygen atoms in total. The summed E-state index contributed by atoms with van der Waals surface area (Å²) in [6.07, 6.45) is 3.69. The third-order valence-corrected chi connectivity index (χ3v) is 4.03. The number of methoxy groups -OCH3 is 1. The summed E-state index contributed by atoms with van der Waals surface area (Å²) in [5, 5.41) is 0.412. The van der Waals surface area contributed by atoms with Crippen LogP contribution >= 0.6 is 11.6 Å². The van der Waals surface area contributed by atoms with Crippen molar-refractivity contribution >= 4 is 17.5 Å². The Balaban J connectivity index is 0.000000240. The highest BCUT2D eigenvalue weighted by atomic mass is 35.5. The van der Waals surface area contributed by atoms with Crippen LogP contribution in [-0.2, 0) is 17.6 Å². The fraction of sp³-hybridized carbons (Fsp3) is 0.368. The summed E-state index contributed by atoms with van der Waals surface area (Å²) < 4.78 is 5.24. The molecule has 1 heterocycles. The molecule has 0 radical (unpaired) electrons. The van der Waals surface area contributed by atoms with Gasteiger partial charge in [0.05, 0.1) is 13.0 Å². The van der Waals surface area contributed by atoms with Crippen molar-refractivity contribution in [3.05, 3.63) is 58.4 Å². The van der Waals surface area contributed by atoms with Crippen LogP contribution in [0.25, 0.3) is 0 Å². The Morgan fingerprint density at radius 1 is 1.25 bits per heavy atom. The lowest BCUT2D eigenvalue weighted by molar-refractivity contribution is -0.119. The molecule has 24 heavy (non-hydrogen) atoms. The fourth-order valence-electron chi connectivity index (χ4n) is 2.14. The van der Waals surface area contributed by atoms with Crippen LogP contribution in [0.1, 0.15) is 43.4 Å². The largest absolute Gasteiger partial charge is 0.496 e. The Morgan fingerprint density at radius 3 is 2.42 bits per heavy atom. The molecule has 2 aromatic rings. The van der Waals surface area contributed by atoms with E-state index in [1.54, 1.807) is 32.4 Å². The summed E-state index contributed by atoms with van der Waals surface area (Å²) in [5.74, 6) is 0.337. The van der Waals surface area contributed by atoms with Gasteiger partial charge in [-0.1, -0.05) is 43.6 Å². The minimum Gasteiger partial charge on any atom is -0.496 e. The normalized spacial score (nSPS) is 11.2. The number of pyridine rings is 1. The maximum absolute atomic E-state index is 10.7. The van der Waals surface area contributed by atoms with Crippen molar-refractivity contribution in [3.8, 4) is 5.75 Å². The molecule has 1 unspecified atom stereocenters. The number of nitrogens with zero attached hydrogens (tertiary/aromatic N) is 1. The average molecular weight is 349 g/mol. The molecule has 0 saturated heterocycles. The Labute approximate surface area is 149 Å². The van der Waals surface area contributed by atoms with Gasteiger partial charge in [0.1, 0.15) is 10.9 Å². The zero-order valence-corrected chi connectivity index (χ0v) is 15.4. The predicted octanol–water partition coefficient (Wildman–Crippen LogP) is 4.14. The second-order valence-corrected chi connectivity index (χ2v) is 5.78. The van der Waals surface area contributed by atoms with Crippen molar-refractivity contribution in [3.63, 3.8) is 0 Å². The van der Waals surface area contributed by atoms with E-state index < -0.39 is 0 Å². The SMILES string of the molecule is CC(C(N)=O)c1ccc(Cl)nc1.CCc1ccc(OC)c(CC)c1. The Hall–Kier alpha value is -2.07. The van der Waals surface area contributed by atoms with E-state index in [1.165, 1.54) is 11.1 Å². The second-order valence-electron chi connectivity index (χ2n) is 5.39. The van der Waals surface area contributed by atoms with E-state index in [-0.39, 0.29) is 11.8 Å². The summed E-state index contributed by atoms with van der Waals surface area (Å²) in [5.41, 5.74) is 8.58. The molecule has 1 aromatic heterocycles. The first kappa shape index (κ1) is 20.0. The summed E-state index contributed by atoms with van der Waals surface area (Å²) in [4.78, 5) is 14.6. The summed E-state index contributed by atoms with van der Waals surface area (Å²) in [7, 11) is 1.72. The van der Waals surface area contributed by atoms with Crippen molar-refractivity contribution in [2.75, 3.05) is 7.11 Å². The zero-order chi connectivity index (χ0) is 18.1. The van der Waals surface area contributed by atoms with E-state index in [9.17, 15) is 4.79 Å². The Kier molecular flexibility index (Phi) is 8.27. The number of hydrogen-bond donors (Lipinski definition) is 1. The molecule has 0 aliphatic heterocycles. The predicted molar refractivity (Wildman–Crippen MR) is 98.6 cm³/mol. The first-order valence-electron chi connectivity index (χ1n) is 7.99. The van der Waals surface area contributed by atoms with Crippen LogP contribution in [0.2, 0.25) is 5.15 Å². The number of carbonyl (C=O) groups excluding carboxylic acids is 1. The van der Waals surface area contributed by atoms with Crippen LogP contribution in [0.3, 0.4) is 0 Å². The van der Waals surface area contributed by atoms with E-state index in [0.717, 1.165) is 24.2 Å². The number of carbonyl (C=O) groups is 1. The van der Waals surface area contributed by atoms with Gasteiger partial charge in [-0.2, -0.15) is 0 Å². The van der Waals surface area contributed by atoms with E-state index in [0.29, 0.717) is 5.15 Å². The van der Waals surface area contributed by atoms with Gasteiger partial charge in [-0.05, 0) is 48.6 Å². The fourth-order valence-corrected chi connectivity index (χ4v) is 2.25. The van der Waals surface area contributed by atoms with Gasteiger partial charge in [0.2, 0.25) is 5.91 Å². The highest BCUT2D eigenvalue weighted by Crippen LogP contribution is 2.20. The molecule has 1 atom stereocenters. The van der Waals surface area contributed by atoms with Crippen LogP contribution < -0.4 is 10.5 Å². The maximum atomic E-state index is 10.7. The van der Waals surface area contributed by atoms with Gasteiger partial charge in [0.25, 0.3) is 0 Å². The molecule has 0 spiro atoms. The van der Waals surface area contributed by atoms with Crippen LogP contribution in [0, 0.1) is 0 Å². The van der Waals surface area contributed by atoms with Gasteiger partial charge < -0.3 is 10.5 Å². The Bertz CT molecular complexity index is 657. The number of aromatic nitrogens is 1. The molecule has 1 amide bonds. The molecular weight excluding hydrogens is 324 g/mol. The molecule has 0 fully saturated rings. The van der Waals surface area contributed by atoms with Crippen LogP contribution in [0.15, 0.2) is 36.5 Å². The first-order valence-corrected chi connectivity index (χ1v) is 8.37. The van der Waals surface area contributed by atoms with Crippen LogP contribution in [0.5, 0.6) is 5.75 Å². The lowest BCUT2D eigenvalue weighted by Gasteiger charge is -2.07. The molecule has 2 rings (SSSR count). The van der Waals surface area contributed by atoms with Gasteiger partial charge in [-0.3, -0.25) is 4.79 Å². The third kappa shape index (κ3) is 5.85. The number of primary amides is 1. The molecule has 0 aliphatic rings. The van der Waals surface area contributed by atoms with Gasteiger partial charge in [-0.25, -0.2) is 4.98 Å². The quantitative estimate of drug-likeness (QED) is 0.825. The molecule has 2 N–H and O–H groups in total. The lowest BCUT2D eigenvalue weighted by Crippen LogP contribution is -2.18. The third-order valence-electron chi connectivity index (χ3n) is 3.81. The number of benzene rings is 1. The zero-order valence-electron chi connectivity index (χ0n) is 14.7. The van der Waals surface area contributed by atoms with Crippen molar-refractivity contribution < 1.29 is 9.53 Å². The minimum atomic E-state index is -0.362. The van der Waals surface area contributed by atoms with Gasteiger partial charge in [-0.15, -0.1) is 0 Å². The van der Waals surface area contributed by atoms with E-state index in [4.69, 9.17) is 22.1 Å². The number of aryl methyl sites for hydroxylation is 2.